The molecular formula is C23H40O4S2. The molecule has 0 spiro atoms. The Bertz CT molecular complexity index is 437. The molecule has 1 heterocycles. The molecule has 0 amide bonds. The van der Waals surface area contributed by atoms with E-state index >= 15 is 0 Å². The average Bonchev–Trinajstić information content (AvgIpc) is 3.24. The zero-order valence-corrected chi connectivity index (χ0v) is 19.7. The highest BCUT2D eigenvalue weighted by Gasteiger charge is 2.15. The van der Waals surface area contributed by atoms with Gasteiger partial charge in [-0.3, -0.25) is 0 Å². The monoisotopic (exact) mass is 444 g/mol. The summed E-state index contributed by atoms with van der Waals surface area (Å²) in [6.45, 7) is 8.50. The van der Waals surface area contributed by atoms with Gasteiger partial charge in [0.25, 0.3) is 0 Å². The number of allylic oxidation sites excluding steroid dienone is 1. The highest BCUT2D eigenvalue weighted by atomic mass is 33.1. The standard InChI is InChI=1S/C23H40O4S2/c1-3-23(24)25-18-12-10-8-6-4-5-7-9-11-13-19-26-27-21(2)15-14-16-22-17-20-28-29-22/h3,22H,1-2,4-20H2. The number of hydrogen-bond acceptors (Lipinski definition) is 6. The van der Waals surface area contributed by atoms with Gasteiger partial charge in [-0.1, -0.05) is 86.1 Å². The van der Waals surface area contributed by atoms with E-state index in [2.05, 4.69) is 13.2 Å². The van der Waals surface area contributed by atoms with Crippen LogP contribution in [-0.4, -0.2) is 30.2 Å². The van der Waals surface area contributed by atoms with Gasteiger partial charge in [-0.2, -0.15) is 4.89 Å². The van der Waals surface area contributed by atoms with Crippen molar-refractivity contribution in [2.75, 3.05) is 19.0 Å². The van der Waals surface area contributed by atoms with Crippen molar-refractivity contribution in [2.24, 2.45) is 0 Å². The quantitative estimate of drug-likeness (QED) is 0.0371. The predicted molar refractivity (Wildman–Crippen MR) is 126 cm³/mol. The zero-order chi connectivity index (χ0) is 21.0. The van der Waals surface area contributed by atoms with Gasteiger partial charge in [0.1, 0.15) is 5.76 Å². The van der Waals surface area contributed by atoms with Crippen molar-refractivity contribution in [3.05, 3.63) is 25.0 Å². The first-order valence-corrected chi connectivity index (χ1v) is 13.7. The van der Waals surface area contributed by atoms with Gasteiger partial charge < -0.3 is 9.62 Å². The lowest BCUT2D eigenvalue weighted by molar-refractivity contribution is -0.264. The van der Waals surface area contributed by atoms with Gasteiger partial charge in [-0.25, -0.2) is 4.79 Å². The van der Waals surface area contributed by atoms with Crippen molar-refractivity contribution in [3.63, 3.8) is 0 Å². The molecule has 1 aliphatic rings. The Morgan fingerprint density at radius 2 is 1.55 bits per heavy atom. The SMILES string of the molecule is C=CC(=O)OCCCCCCCCCCCCOOC(=C)CCCC1CCSS1. The average molecular weight is 445 g/mol. The van der Waals surface area contributed by atoms with Crippen LogP contribution < -0.4 is 0 Å². The van der Waals surface area contributed by atoms with Crippen LogP contribution in [0, 0.1) is 0 Å². The summed E-state index contributed by atoms with van der Waals surface area (Å²) in [4.78, 5) is 21.5. The van der Waals surface area contributed by atoms with E-state index in [9.17, 15) is 4.79 Å². The molecule has 0 bridgehead atoms. The minimum Gasteiger partial charge on any atom is -0.463 e. The van der Waals surface area contributed by atoms with Crippen molar-refractivity contribution in [1.29, 1.82) is 0 Å². The molecule has 0 saturated carbocycles. The largest absolute Gasteiger partial charge is 0.463 e. The van der Waals surface area contributed by atoms with Crippen LogP contribution in [0.3, 0.4) is 0 Å². The van der Waals surface area contributed by atoms with Crippen LogP contribution in [0.1, 0.15) is 89.9 Å². The molecule has 1 aliphatic heterocycles. The molecular weight excluding hydrogens is 404 g/mol. The van der Waals surface area contributed by atoms with E-state index < -0.39 is 0 Å². The molecule has 1 unspecified atom stereocenters. The topological polar surface area (TPSA) is 44.8 Å². The van der Waals surface area contributed by atoms with Gasteiger partial charge in [0.05, 0.1) is 13.2 Å². The van der Waals surface area contributed by atoms with Crippen molar-refractivity contribution in [2.45, 2.75) is 95.1 Å². The fourth-order valence-corrected chi connectivity index (χ4v) is 6.19. The van der Waals surface area contributed by atoms with Crippen molar-refractivity contribution in [1.82, 2.24) is 0 Å². The van der Waals surface area contributed by atoms with Crippen molar-refractivity contribution in [3.8, 4) is 0 Å². The number of ether oxygens (including phenoxy) is 1. The summed E-state index contributed by atoms with van der Waals surface area (Å²) in [6.07, 6.45) is 17.8. The first-order chi connectivity index (χ1) is 14.2. The van der Waals surface area contributed by atoms with Crippen LogP contribution >= 0.6 is 21.6 Å². The second-order valence-electron chi connectivity index (χ2n) is 7.57. The molecule has 0 aromatic heterocycles. The fraction of sp³-hybridized carbons (Fsp3) is 0.783. The minimum atomic E-state index is -0.319. The third-order valence-electron chi connectivity index (χ3n) is 4.92. The molecule has 0 radical (unpaired) electrons. The van der Waals surface area contributed by atoms with Crippen LogP contribution in [-0.2, 0) is 19.3 Å². The first kappa shape index (κ1) is 26.4. The second-order valence-corrected chi connectivity index (χ2v) is 10.4. The summed E-state index contributed by atoms with van der Waals surface area (Å²) in [6, 6.07) is 0. The third-order valence-corrected chi connectivity index (χ3v) is 7.93. The molecule has 0 aliphatic carbocycles. The van der Waals surface area contributed by atoms with E-state index in [1.165, 1.54) is 69.6 Å². The van der Waals surface area contributed by atoms with E-state index in [-0.39, 0.29) is 5.97 Å². The van der Waals surface area contributed by atoms with Crippen LogP contribution in [0.4, 0.5) is 0 Å². The summed E-state index contributed by atoms with van der Waals surface area (Å²) < 4.78 is 4.96. The number of hydrogen-bond donors (Lipinski definition) is 0. The number of unbranched alkanes of at least 4 members (excludes halogenated alkanes) is 9. The van der Waals surface area contributed by atoms with Gasteiger partial charge in [0, 0.05) is 23.5 Å². The molecule has 0 aromatic carbocycles. The molecule has 0 N–H and O–H groups in total. The number of carbonyl (C=O) groups excluding carboxylic acids is 1. The van der Waals surface area contributed by atoms with Crippen molar-refractivity contribution < 1.29 is 19.3 Å². The first-order valence-electron chi connectivity index (χ1n) is 11.3. The molecule has 4 nitrogen and oxygen atoms in total. The Hall–Kier alpha value is -0.590. The summed E-state index contributed by atoms with van der Waals surface area (Å²) in [7, 11) is 4.03. The Labute approximate surface area is 185 Å². The van der Waals surface area contributed by atoms with Gasteiger partial charge in [-0.15, -0.1) is 0 Å². The number of rotatable bonds is 20. The zero-order valence-electron chi connectivity index (χ0n) is 18.0. The summed E-state index contributed by atoms with van der Waals surface area (Å²) in [5, 5.41) is 0.822. The van der Waals surface area contributed by atoms with Gasteiger partial charge in [-0.05, 0) is 32.1 Å². The maximum atomic E-state index is 10.9. The Morgan fingerprint density at radius 1 is 0.931 bits per heavy atom. The van der Waals surface area contributed by atoms with Gasteiger partial charge >= 0.3 is 5.97 Å². The molecule has 1 atom stereocenters. The lowest BCUT2D eigenvalue weighted by atomic mass is 10.1. The maximum absolute atomic E-state index is 10.9. The molecule has 1 saturated heterocycles. The second kappa shape index (κ2) is 19.4. The molecule has 1 fully saturated rings. The maximum Gasteiger partial charge on any atom is 0.330 e. The molecule has 168 valence electrons. The van der Waals surface area contributed by atoms with E-state index in [0.717, 1.165) is 43.1 Å². The van der Waals surface area contributed by atoms with Gasteiger partial charge in [0.2, 0.25) is 0 Å². The minimum absolute atomic E-state index is 0.319. The lowest BCUT2D eigenvalue weighted by Crippen LogP contribution is -2.01. The van der Waals surface area contributed by atoms with Crippen LogP contribution in [0.25, 0.3) is 0 Å². The lowest BCUT2D eigenvalue weighted by Gasteiger charge is -2.09. The van der Waals surface area contributed by atoms with Crippen LogP contribution in [0.15, 0.2) is 25.0 Å². The van der Waals surface area contributed by atoms with E-state index in [1.54, 1.807) is 0 Å². The van der Waals surface area contributed by atoms with E-state index in [4.69, 9.17) is 14.5 Å². The van der Waals surface area contributed by atoms with E-state index in [1.807, 2.05) is 21.6 Å². The normalized spacial score (nSPS) is 15.9. The number of carbonyl (C=O) groups is 1. The fourth-order valence-electron chi connectivity index (χ4n) is 3.17. The summed E-state index contributed by atoms with van der Waals surface area (Å²) in [5.41, 5.74) is 0. The summed E-state index contributed by atoms with van der Waals surface area (Å²) in [5.74, 6) is 1.74. The number of esters is 1. The highest BCUT2D eigenvalue weighted by molar-refractivity contribution is 8.77. The molecule has 0 aromatic rings. The van der Waals surface area contributed by atoms with Gasteiger partial charge in [0.15, 0.2) is 0 Å². The van der Waals surface area contributed by atoms with Crippen LogP contribution in [0.2, 0.25) is 0 Å². The molecule has 6 heteroatoms. The molecule has 29 heavy (non-hydrogen) atoms. The van der Waals surface area contributed by atoms with Crippen molar-refractivity contribution >= 4 is 27.6 Å². The summed E-state index contributed by atoms with van der Waals surface area (Å²) >= 11 is 0. The highest BCUT2D eigenvalue weighted by Crippen LogP contribution is 2.40. The molecule has 1 rings (SSSR count). The Morgan fingerprint density at radius 3 is 2.14 bits per heavy atom. The third kappa shape index (κ3) is 16.8. The Balaban J connectivity index is 1.71. The Kier molecular flexibility index (Phi) is 17.7. The smallest absolute Gasteiger partial charge is 0.330 e. The van der Waals surface area contributed by atoms with E-state index in [0.29, 0.717) is 13.2 Å². The van der Waals surface area contributed by atoms with Crippen LogP contribution in [0.5, 0.6) is 0 Å². The predicted octanol–water partition coefficient (Wildman–Crippen LogP) is 7.40.